The predicted molar refractivity (Wildman–Crippen MR) is 98.0 cm³/mol. The molecule has 3 rings (SSSR count). The van der Waals surface area contributed by atoms with Crippen LogP contribution in [0.4, 0.5) is 13.2 Å². The molecule has 0 aliphatic heterocycles. The molecule has 5 nitrogen and oxygen atoms in total. The molecule has 0 saturated heterocycles. The van der Waals surface area contributed by atoms with Crippen LogP contribution in [-0.4, -0.2) is 32.8 Å². The fourth-order valence-corrected chi connectivity index (χ4v) is 4.03. The van der Waals surface area contributed by atoms with Crippen LogP contribution in [0.2, 0.25) is 0 Å². The van der Waals surface area contributed by atoms with Gasteiger partial charge in [0.1, 0.15) is 4.88 Å². The third kappa shape index (κ3) is 4.57. The second kappa shape index (κ2) is 8.38. The minimum Gasteiger partial charge on any atom is -0.273 e. The Morgan fingerprint density at radius 1 is 1.18 bits per heavy atom. The molecular formula is C19H20F3N3O2S. The van der Waals surface area contributed by atoms with E-state index in [9.17, 15) is 22.8 Å². The molecule has 1 fully saturated rings. The average molecular weight is 411 g/mol. The van der Waals surface area contributed by atoms with E-state index in [1.807, 2.05) is 0 Å². The second-order valence-corrected chi connectivity index (χ2v) is 7.75. The number of aryl methyl sites for hydroxylation is 1. The highest BCUT2D eigenvalue weighted by atomic mass is 32.1. The third-order valence-corrected chi connectivity index (χ3v) is 5.75. The molecule has 0 unspecified atom stereocenters. The number of benzene rings is 1. The first kappa shape index (κ1) is 20.4. The molecule has 1 saturated carbocycles. The van der Waals surface area contributed by atoms with Crippen molar-refractivity contribution in [3.05, 3.63) is 46.0 Å². The van der Waals surface area contributed by atoms with Gasteiger partial charge in [-0.2, -0.15) is 13.2 Å². The number of hydrogen-bond acceptors (Lipinski definition) is 5. The van der Waals surface area contributed by atoms with Crippen LogP contribution in [0, 0.1) is 12.8 Å². The van der Waals surface area contributed by atoms with E-state index in [1.165, 1.54) is 12.1 Å². The van der Waals surface area contributed by atoms with E-state index in [1.54, 1.807) is 6.92 Å². The van der Waals surface area contributed by atoms with Crippen molar-refractivity contribution in [2.75, 3.05) is 6.54 Å². The Hall–Kier alpha value is -2.29. The van der Waals surface area contributed by atoms with Crippen LogP contribution >= 0.6 is 11.5 Å². The van der Waals surface area contributed by atoms with E-state index in [2.05, 4.69) is 9.59 Å². The van der Waals surface area contributed by atoms with Crippen LogP contribution in [0.1, 0.15) is 63.4 Å². The summed E-state index contributed by atoms with van der Waals surface area (Å²) in [6, 6.07) is 4.18. The summed E-state index contributed by atoms with van der Waals surface area (Å²) in [6.07, 6.45) is 0.368. The Balaban J connectivity index is 1.92. The summed E-state index contributed by atoms with van der Waals surface area (Å²) in [7, 11) is 0. The molecule has 1 heterocycles. The van der Waals surface area contributed by atoms with Gasteiger partial charge in [-0.1, -0.05) is 29.8 Å². The number of aromatic nitrogens is 2. The van der Waals surface area contributed by atoms with Crippen molar-refractivity contribution < 1.29 is 22.8 Å². The summed E-state index contributed by atoms with van der Waals surface area (Å²) < 4.78 is 42.8. The summed E-state index contributed by atoms with van der Waals surface area (Å²) in [5, 5.41) is 3.81. The normalized spacial score (nSPS) is 15.4. The van der Waals surface area contributed by atoms with Crippen LogP contribution in [0.25, 0.3) is 0 Å². The molecule has 9 heteroatoms. The van der Waals surface area contributed by atoms with Gasteiger partial charge in [-0.25, -0.2) is 0 Å². The van der Waals surface area contributed by atoms with Crippen LogP contribution in [0.5, 0.6) is 0 Å². The van der Waals surface area contributed by atoms with Crippen molar-refractivity contribution in [2.24, 2.45) is 5.92 Å². The SMILES string of the molecule is Cc1nnsc1C(=O)N(CC1CCCCC1)C(=O)c1cccc(C(F)(F)F)c1. The van der Waals surface area contributed by atoms with Gasteiger partial charge in [0, 0.05) is 12.1 Å². The van der Waals surface area contributed by atoms with E-state index in [0.29, 0.717) is 5.69 Å². The lowest BCUT2D eigenvalue weighted by molar-refractivity contribution is -0.137. The maximum atomic E-state index is 13.0. The number of imide groups is 1. The smallest absolute Gasteiger partial charge is 0.273 e. The molecule has 0 N–H and O–H groups in total. The van der Waals surface area contributed by atoms with Crippen LogP contribution < -0.4 is 0 Å². The van der Waals surface area contributed by atoms with Gasteiger partial charge >= 0.3 is 6.18 Å². The number of amides is 2. The van der Waals surface area contributed by atoms with Crippen molar-refractivity contribution >= 4 is 23.3 Å². The second-order valence-electron chi connectivity index (χ2n) is 6.99. The van der Waals surface area contributed by atoms with Crippen LogP contribution in [-0.2, 0) is 6.18 Å². The number of rotatable bonds is 4. The summed E-state index contributed by atoms with van der Waals surface area (Å²) in [4.78, 5) is 27.4. The maximum Gasteiger partial charge on any atom is 0.416 e. The number of hydrogen-bond donors (Lipinski definition) is 0. The molecule has 0 radical (unpaired) electrons. The highest BCUT2D eigenvalue weighted by Gasteiger charge is 2.33. The minimum absolute atomic E-state index is 0.147. The largest absolute Gasteiger partial charge is 0.416 e. The summed E-state index contributed by atoms with van der Waals surface area (Å²) in [6.45, 7) is 1.80. The Morgan fingerprint density at radius 3 is 2.50 bits per heavy atom. The molecule has 0 atom stereocenters. The molecule has 1 aromatic carbocycles. The van der Waals surface area contributed by atoms with E-state index < -0.39 is 23.6 Å². The number of carbonyl (C=O) groups is 2. The van der Waals surface area contributed by atoms with Crippen molar-refractivity contribution in [1.29, 1.82) is 0 Å². The van der Waals surface area contributed by atoms with Crippen LogP contribution in [0.15, 0.2) is 24.3 Å². The highest BCUT2D eigenvalue weighted by molar-refractivity contribution is 7.08. The number of alkyl halides is 3. The third-order valence-electron chi connectivity index (χ3n) is 4.94. The van der Waals surface area contributed by atoms with Gasteiger partial charge in [0.2, 0.25) is 0 Å². The van der Waals surface area contributed by atoms with Crippen molar-refractivity contribution in [2.45, 2.75) is 45.2 Å². The van der Waals surface area contributed by atoms with Crippen molar-refractivity contribution in [1.82, 2.24) is 14.5 Å². The number of carbonyl (C=O) groups excluding carboxylic acids is 2. The first-order chi connectivity index (χ1) is 13.3. The average Bonchev–Trinajstić information content (AvgIpc) is 3.11. The summed E-state index contributed by atoms with van der Waals surface area (Å²) in [5.74, 6) is -1.14. The summed E-state index contributed by atoms with van der Waals surface area (Å²) >= 11 is 0.883. The zero-order valence-corrected chi connectivity index (χ0v) is 16.1. The van der Waals surface area contributed by atoms with Crippen molar-refractivity contribution in [3.8, 4) is 0 Å². The number of halogens is 3. The van der Waals surface area contributed by atoms with Gasteiger partial charge < -0.3 is 0 Å². The first-order valence-electron chi connectivity index (χ1n) is 9.10. The molecule has 2 aromatic rings. The molecule has 150 valence electrons. The minimum atomic E-state index is -4.56. The maximum absolute atomic E-state index is 13.0. The molecule has 0 bridgehead atoms. The lowest BCUT2D eigenvalue weighted by atomic mass is 9.88. The van der Waals surface area contributed by atoms with E-state index >= 15 is 0 Å². The molecule has 28 heavy (non-hydrogen) atoms. The fourth-order valence-electron chi connectivity index (χ4n) is 3.42. The van der Waals surface area contributed by atoms with Gasteiger partial charge in [0.25, 0.3) is 11.8 Å². The van der Waals surface area contributed by atoms with E-state index in [4.69, 9.17) is 0 Å². The Labute approximate surface area is 164 Å². The molecule has 1 aliphatic rings. The summed E-state index contributed by atoms with van der Waals surface area (Å²) in [5.41, 5.74) is -0.673. The van der Waals surface area contributed by atoms with Gasteiger partial charge in [-0.15, -0.1) is 5.10 Å². The zero-order valence-electron chi connectivity index (χ0n) is 15.3. The van der Waals surface area contributed by atoms with Crippen molar-refractivity contribution in [3.63, 3.8) is 0 Å². The van der Waals surface area contributed by atoms with Gasteiger partial charge in [-0.05, 0) is 55.4 Å². The van der Waals surface area contributed by atoms with E-state index in [0.717, 1.165) is 60.7 Å². The Bertz CT molecular complexity index is 860. The Morgan fingerprint density at radius 2 is 1.89 bits per heavy atom. The van der Waals surface area contributed by atoms with Crippen LogP contribution in [0.3, 0.4) is 0 Å². The molecule has 0 spiro atoms. The monoisotopic (exact) mass is 411 g/mol. The Kier molecular flexibility index (Phi) is 6.12. The predicted octanol–water partition coefficient (Wildman–Crippen LogP) is 4.73. The van der Waals surface area contributed by atoms with Gasteiger partial charge in [0.05, 0.1) is 11.3 Å². The number of nitrogens with zero attached hydrogens (tertiary/aromatic N) is 3. The quantitative estimate of drug-likeness (QED) is 0.683. The highest BCUT2D eigenvalue weighted by Crippen LogP contribution is 2.31. The molecule has 1 aliphatic carbocycles. The topological polar surface area (TPSA) is 63.2 Å². The molecule has 2 amide bonds. The standard InChI is InChI=1S/C19H20F3N3O2S/c1-12-16(28-24-23-12)18(27)25(11-13-6-3-2-4-7-13)17(26)14-8-5-9-15(10-14)19(20,21)22/h5,8-10,13H,2-4,6-7,11H2,1H3. The lowest BCUT2D eigenvalue weighted by Gasteiger charge is -2.28. The first-order valence-corrected chi connectivity index (χ1v) is 9.87. The van der Waals surface area contributed by atoms with Gasteiger partial charge in [-0.3, -0.25) is 14.5 Å². The molecular weight excluding hydrogens is 391 g/mol. The van der Waals surface area contributed by atoms with E-state index in [-0.39, 0.29) is 22.9 Å². The van der Waals surface area contributed by atoms with Gasteiger partial charge in [0.15, 0.2) is 0 Å². The molecule has 1 aromatic heterocycles. The fraction of sp³-hybridized carbons (Fsp3) is 0.474. The lowest BCUT2D eigenvalue weighted by Crippen LogP contribution is -2.41. The zero-order chi connectivity index (χ0) is 20.3.